The normalized spacial score (nSPS) is 18.3. The number of rotatable bonds is 6. The van der Waals surface area contributed by atoms with Gasteiger partial charge in [0.2, 0.25) is 0 Å². The van der Waals surface area contributed by atoms with Gasteiger partial charge in [-0.25, -0.2) is 4.39 Å². The molecule has 1 saturated heterocycles. The van der Waals surface area contributed by atoms with Crippen LogP contribution in [0.1, 0.15) is 17.5 Å². The van der Waals surface area contributed by atoms with Gasteiger partial charge in [-0.3, -0.25) is 4.90 Å². The summed E-state index contributed by atoms with van der Waals surface area (Å²) in [6.07, 6.45) is 1.08. The molecule has 1 unspecified atom stereocenters. The van der Waals surface area contributed by atoms with E-state index in [9.17, 15) is 9.50 Å². The zero-order valence-corrected chi connectivity index (χ0v) is 13.1. The fourth-order valence-corrected chi connectivity index (χ4v) is 2.90. The van der Waals surface area contributed by atoms with Crippen LogP contribution in [-0.2, 0) is 13.2 Å². The van der Waals surface area contributed by atoms with Gasteiger partial charge in [0, 0.05) is 19.7 Å². The Kier molecular flexibility index (Phi) is 5.26. The second-order valence-electron chi connectivity index (χ2n) is 6.13. The van der Waals surface area contributed by atoms with Gasteiger partial charge in [0.05, 0.1) is 0 Å². The van der Waals surface area contributed by atoms with E-state index < -0.39 is 0 Å². The molecule has 0 radical (unpaired) electrons. The van der Waals surface area contributed by atoms with E-state index in [4.69, 9.17) is 4.74 Å². The van der Waals surface area contributed by atoms with Crippen molar-refractivity contribution in [2.75, 3.05) is 19.7 Å². The van der Waals surface area contributed by atoms with Gasteiger partial charge in [-0.05, 0) is 54.3 Å². The Balaban J connectivity index is 1.50. The van der Waals surface area contributed by atoms with Crippen LogP contribution in [0.3, 0.4) is 0 Å². The fraction of sp³-hybridized carbons (Fsp3) is 0.368. The Labute approximate surface area is 136 Å². The first-order valence-electron chi connectivity index (χ1n) is 8.02. The van der Waals surface area contributed by atoms with E-state index >= 15 is 0 Å². The van der Waals surface area contributed by atoms with Crippen molar-refractivity contribution >= 4 is 0 Å². The predicted octanol–water partition coefficient (Wildman–Crippen LogP) is 3.22. The van der Waals surface area contributed by atoms with Crippen molar-refractivity contribution in [1.82, 2.24) is 4.90 Å². The number of hydrogen-bond donors (Lipinski definition) is 1. The highest BCUT2D eigenvalue weighted by Crippen LogP contribution is 2.20. The first kappa shape index (κ1) is 16.0. The lowest BCUT2D eigenvalue weighted by atomic mass is 10.1. The van der Waals surface area contributed by atoms with Crippen LogP contribution in [0, 0.1) is 11.7 Å². The van der Waals surface area contributed by atoms with Crippen LogP contribution in [0.4, 0.5) is 4.39 Å². The maximum absolute atomic E-state index is 12.8. The predicted molar refractivity (Wildman–Crippen MR) is 87.6 cm³/mol. The van der Waals surface area contributed by atoms with Gasteiger partial charge in [-0.1, -0.05) is 24.3 Å². The maximum atomic E-state index is 12.8. The molecule has 4 heteroatoms. The highest BCUT2D eigenvalue weighted by molar-refractivity contribution is 5.28. The highest BCUT2D eigenvalue weighted by atomic mass is 19.1. The number of halogens is 1. The first-order valence-corrected chi connectivity index (χ1v) is 8.02. The maximum Gasteiger partial charge on any atom is 0.123 e. The molecular formula is C19H22FNO2. The smallest absolute Gasteiger partial charge is 0.123 e. The van der Waals surface area contributed by atoms with Crippen LogP contribution in [0.2, 0.25) is 0 Å². The Bertz CT molecular complexity index is 612. The Morgan fingerprint density at radius 1 is 1.04 bits per heavy atom. The second kappa shape index (κ2) is 7.57. The topological polar surface area (TPSA) is 32.7 Å². The standard InChI is InChI=1S/C19H22FNO2/c20-18-5-1-16(2-6-18)14-23-19-7-3-15(4-8-19)11-21-10-9-17(12-21)13-22/h1-8,17,22H,9-14H2. The summed E-state index contributed by atoms with van der Waals surface area (Å²) < 4.78 is 18.6. The summed E-state index contributed by atoms with van der Waals surface area (Å²) >= 11 is 0. The molecule has 0 aromatic heterocycles. The highest BCUT2D eigenvalue weighted by Gasteiger charge is 2.21. The summed E-state index contributed by atoms with van der Waals surface area (Å²) in [4.78, 5) is 2.37. The fourth-order valence-electron chi connectivity index (χ4n) is 2.90. The van der Waals surface area contributed by atoms with Gasteiger partial charge in [0.25, 0.3) is 0 Å². The van der Waals surface area contributed by atoms with Gasteiger partial charge in [0.15, 0.2) is 0 Å². The Hall–Kier alpha value is -1.91. The van der Waals surface area contributed by atoms with Crippen LogP contribution >= 0.6 is 0 Å². The van der Waals surface area contributed by atoms with Gasteiger partial charge < -0.3 is 9.84 Å². The number of benzene rings is 2. The molecule has 0 saturated carbocycles. The largest absolute Gasteiger partial charge is 0.489 e. The van der Waals surface area contributed by atoms with Crippen LogP contribution in [0.5, 0.6) is 5.75 Å². The number of likely N-dealkylation sites (tertiary alicyclic amines) is 1. The third-order valence-corrected chi connectivity index (χ3v) is 4.28. The molecule has 2 aromatic carbocycles. The number of hydrogen-bond acceptors (Lipinski definition) is 3. The minimum Gasteiger partial charge on any atom is -0.489 e. The summed E-state index contributed by atoms with van der Waals surface area (Å²) in [5.74, 6) is 1.00. The Morgan fingerprint density at radius 2 is 1.74 bits per heavy atom. The molecule has 1 heterocycles. The van der Waals surface area contributed by atoms with Crippen molar-refractivity contribution in [1.29, 1.82) is 0 Å². The summed E-state index contributed by atoms with van der Waals surface area (Å²) in [6, 6.07) is 14.4. The molecule has 23 heavy (non-hydrogen) atoms. The lowest BCUT2D eigenvalue weighted by Gasteiger charge is -2.16. The summed E-state index contributed by atoms with van der Waals surface area (Å²) in [7, 11) is 0. The monoisotopic (exact) mass is 315 g/mol. The number of nitrogens with zero attached hydrogens (tertiary/aromatic N) is 1. The molecule has 0 bridgehead atoms. The van der Waals surface area contributed by atoms with E-state index in [0.717, 1.165) is 37.4 Å². The SMILES string of the molecule is OCC1CCN(Cc2ccc(OCc3ccc(F)cc3)cc2)C1. The van der Waals surface area contributed by atoms with Crippen molar-refractivity contribution in [3.63, 3.8) is 0 Å². The molecule has 3 nitrogen and oxygen atoms in total. The molecule has 1 atom stereocenters. The minimum absolute atomic E-state index is 0.233. The first-order chi connectivity index (χ1) is 11.2. The molecule has 3 rings (SSSR count). The van der Waals surface area contributed by atoms with E-state index in [1.54, 1.807) is 12.1 Å². The van der Waals surface area contributed by atoms with E-state index in [-0.39, 0.29) is 12.4 Å². The van der Waals surface area contributed by atoms with Gasteiger partial charge >= 0.3 is 0 Å². The third-order valence-electron chi connectivity index (χ3n) is 4.28. The van der Waals surface area contributed by atoms with Crippen LogP contribution in [0.15, 0.2) is 48.5 Å². The molecule has 0 spiro atoms. The van der Waals surface area contributed by atoms with Crippen LogP contribution in [-0.4, -0.2) is 29.7 Å². The van der Waals surface area contributed by atoms with Gasteiger partial charge in [-0.2, -0.15) is 0 Å². The molecule has 0 aliphatic carbocycles. The lowest BCUT2D eigenvalue weighted by molar-refractivity contribution is 0.220. The van der Waals surface area contributed by atoms with Gasteiger partial charge in [-0.15, -0.1) is 0 Å². The quantitative estimate of drug-likeness (QED) is 0.888. The molecule has 122 valence electrons. The second-order valence-corrected chi connectivity index (χ2v) is 6.13. The minimum atomic E-state index is -0.233. The molecule has 1 fully saturated rings. The molecular weight excluding hydrogens is 293 g/mol. The average molecular weight is 315 g/mol. The Morgan fingerprint density at radius 3 is 2.39 bits per heavy atom. The van der Waals surface area contributed by atoms with Crippen LogP contribution in [0.25, 0.3) is 0 Å². The average Bonchev–Trinajstić information content (AvgIpc) is 3.03. The van der Waals surface area contributed by atoms with Crippen LogP contribution < -0.4 is 4.74 Å². The van der Waals surface area contributed by atoms with E-state index in [0.29, 0.717) is 12.5 Å². The van der Waals surface area contributed by atoms with Crippen molar-refractivity contribution in [3.8, 4) is 5.75 Å². The van der Waals surface area contributed by atoms with Crippen molar-refractivity contribution in [2.45, 2.75) is 19.6 Å². The zero-order valence-electron chi connectivity index (χ0n) is 13.1. The van der Waals surface area contributed by atoms with Crippen molar-refractivity contribution in [3.05, 3.63) is 65.5 Å². The van der Waals surface area contributed by atoms with E-state index in [1.807, 2.05) is 12.1 Å². The summed E-state index contributed by atoms with van der Waals surface area (Å²) in [5, 5.41) is 9.19. The van der Waals surface area contributed by atoms with Gasteiger partial charge in [0.1, 0.15) is 18.2 Å². The number of aliphatic hydroxyl groups excluding tert-OH is 1. The van der Waals surface area contributed by atoms with E-state index in [2.05, 4.69) is 17.0 Å². The zero-order chi connectivity index (χ0) is 16.1. The third kappa shape index (κ3) is 4.53. The van der Waals surface area contributed by atoms with Crippen molar-refractivity contribution in [2.24, 2.45) is 5.92 Å². The number of aliphatic hydroxyl groups is 1. The molecule has 1 aliphatic rings. The summed E-state index contributed by atoms with van der Waals surface area (Å²) in [5.41, 5.74) is 2.19. The molecule has 1 aliphatic heterocycles. The number of ether oxygens (including phenoxy) is 1. The molecule has 1 N–H and O–H groups in total. The lowest BCUT2D eigenvalue weighted by Crippen LogP contribution is -2.20. The van der Waals surface area contributed by atoms with Crippen molar-refractivity contribution < 1.29 is 14.2 Å². The molecule has 2 aromatic rings. The van der Waals surface area contributed by atoms with E-state index in [1.165, 1.54) is 17.7 Å². The molecule has 0 amide bonds. The summed E-state index contributed by atoms with van der Waals surface area (Å²) in [6.45, 7) is 3.65.